The highest BCUT2D eigenvalue weighted by atomic mass is 79.9. The summed E-state index contributed by atoms with van der Waals surface area (Å²) in [4.78, 5) is 22.4. The Morgan fingerprint density at radius 1 is 1.33 bits per heavy atom. The van der Waals surface area contributed by atoms with Gasteiger partial charge in [-0.05, 0) is 45.8 Å². The van der Waals surface area contributed by atoms with Crippen LogP contribution in [-0.2, 0) is 4.79 Å². The molecule has 0 saturated carbocycles. The van der Waals surface area contributed by atoms with E-state index in [2.05, 4.69) is 15.9 Å². The van der Waals surface area contributed by atoms with Gasteiger partial charge < -0.3 is 18.9 Å². The Labute approximate surface area is 162 Å². The molecule has 0 spiro atoms. The number of benzene rings is 2. The van der Waals surface area contributed by atoms with E-state index in [1.807, 2.05) is 0 Å². The van der Waals surface area contributed by atoms with E-state index < -0.39 is 17.0 Å². The van der Waals surface area contributed by atoms with E-state index in [0.29, 0.717) is 21.5 Å². The number of hydrogen-bond acceptors (Lipinski definition) is 7. The Hall–Kier alpha value is -3.07. The molecular formula is C18H14BrNO7. The number of fused-ring (bicyclic) bond motifs is 1. The highest BCUT2D eigenvalue weighted by Crippen LogP contribution is 2.38. The van der Waals surface area contributed by atoms with Crippen LogP contribution in [0.5, 0.6) is 23.0 Å². The Kier molecular flexibility index (Phi) is 5.60. The van der Waals surface area contributed by atoms with Crippen molar-refractivity contribution in [1.29, 1.82) is 0 Å². The summed E-state index contributed by atoms with van der Waals surface area (Å²) < 4.78 is 22.2. The summed E-state index contributed by atoms with van der Waals surface area (Å²) in [5.41, 5.74) is 0.501. The highest BCUT2D eigenvalue weighted by Gasteiger charge is 2.30. The molecular weight excluding hydrogens is 422 g/mol. The first kappa shape index (κ1) is 18.7. The summed E-state index contributed by atoms with van der Waals surface area (Å²) in [6, 6.07) is 10.1. The monoisotopic (exact) mass is 435 g/mol. The summed E-state index contributed by atoms with van der Waals surface area (Å²) in [6.07, 6.45) is 1.16. The van der Waals surface area contributed by atoms with Crippen molar-refractivity contribution in [2.75, 3.05) is 13.7 Å². The molecule has 0 N–H and O–H groups in total. The molecule has 2 aromatic carbocycles. The lowest BCUT2D eigenvalue weighted by molar-refractivity contribution is -0.400. The van der Waals surface area contributed by atoms with Crippen LogP contribution in [0.2, 0.25) is 0 Å². The van der Waals surface area contributed by atoms with Crippen LogP contribution in [0.4, 0.5) is 0 Å². The average Bonchev–Trinajstić information content (AvgIpc) is 2.67. The number of esters is 1. The van der Waals surface area contributed by atoms with Gasteiger partial charge in [-0.1, -0.05) is 12.1 Å². The van der Waals surface area contributed by atoms with Gasteiger partial charge in [0.05, 0.1) is 16.5 Å². The van der Waals surface area contributed by atoms with Gasteiger partial charge in [0.2, 0.25) is 12.3 Å². The summed E-state index contributed by atoms with van der Waals surface area (Å²) in [7, 11) is 1.40. The normalized spacial score (nSPS) is 15.4. The molecule has 1 aliphatic rings. The minimum Gasteiger partial charge on any atom is -0.493 e. The zero-order chi connectivity index (χ0) is 19.4. The third-order valence-corrected chi connectivity index (χ3v) is 4.20. The number of hydrogen-bond donors (Lipinski definition) is 0. The van der Waals surface area contributed by atoms with Crippen LogP contribution in [0.15, 0.2) is 47.1 Å². The van der Waals surface area contributed by atoms with E-state index in [1.54, 1.807) is 30.3 Å². The second kappa shape index (κ2) is 8.09. The largest absolute Gasteiger partial charge is 0.493 e. The molecule has 1 atom stereocenters. The number of carbonyl (C=O) groups is 1. The second-order valence-corrected chi connectivity index (χ2v) is 6.27. The predicted molar refractivity (Wildman–Crippen MR) is 98.7 cm³/mol. The summed E-state index contributed by atoms with van der Waals surface area (Å²) >= 11 is 3.29. The minimum absolute atomic E-state index is 0.0133. The fraction of sp³-hybridized carbons (Fsp3) is 0.167. The van der Waals surface area contributed by atoms with Crippen LogP contribution in [-0.4, -0.2) is 30.7 Å². The van der Waals surface area contributed by atoms with E-state index >= 15 is 0 Å². The van der Waals surface area contributed by atoms with Crippen LogP contribution in [0.1, 0.15) is 5.56 Å². The minimum atomic E-state index is -0.939. The van der Waals surface area contributed by atoms with E-state index in [9.17, 15) is 14.9 Å². The lowest BCUT2D eigenvalue weighted by Gasteiger charge is -2.25. The molecule has 9 heteroatoms. The molecule has 0 saturated heterocycles. The molecule has 8 nitrogen and oxygen atoms in total. The number of methoxy groups -OCH3 is 1. The molecule has 2 aromatic rings. The van der Waals surface area contributed by atoms with Gasteiger partial charge in [0.25, 0.3) is 0 Å². The number of nitrogens with zero attached hydrogens (tertiary/aromatic N) is 1. The van der Waals surface area contributed by atoms with Crippen molar-refractivity contribution in [3.63, 3.8) is 0 Å². The van der Waals surface area contributed by atoms with Crippen molar-refractivity contribution in [1.82, 2.24) is 0 Å². The molecule has 0 amide bonds. The van der Waals surface area contributed by atoms with Crippen molar-refractivity contribution in [3.8, 4) is 23.0 Å². The Bertz CT molecular complexity index is 913. The summed E-state index contributed by atoms with van der Waals surface area (Å²) in [5, 5.41) is 10.5. The number of para-hydroxylation sites is 2. The molecule has 0 bridgehead atoms. The van der Waals surface area contributed by atoms with Gasteiger partial charge in [-0.3, -0.25) is 10.1 Å². The van der Waals surface area contributed by atoms with E-state index in [0.717, 1.165) is 6.20 Å². The topological polar surface area (TPSA) is 97.1 Å². The Balaban J connectivity index is 1.79. The molecule has 140 valence electrons. The number of carbonyl (C=O) groups excluding carboxylic acids is 1. The third-order valence-electron chi connectivity index (χ3n) is 3.61. The van der Waals surface area contributed by atoms with Gasteiger partial charge in [0.15, 0.2) is 23.0 Å². The Morgan fingerprint density at radius 2 is 2.07 bits per heavy atom. The average molecular weight is 436 g/mol. The third kappa shape index (κ3) is 4.37. The van der Waals surface area contributed by atoms with Gasteiger partial charge in [0, 0.05) is 6.08 Å². The van der Waals surface area contributed by atoms with Gasteiger partial charge >= 0.3 is 5.97 Å². The van der Waals surface area contributed by atoms with Gasteiger partial charge in [0.1, 0.15) is 6.61 Å². The van der Waals surface area contributed by atoms with Crippen LogP contribution in [0, 0.1) is 10.1 Å². The van der Waals surface area contributed by atoms with Crippen LogP contribution >= 0.6 is 15.9 Å². The fourth-order valence-electron chi connectivity index (χ4n) is 2.38. The molecule has 1 heterocycles. The first-order valence-electron chi connectivity index (χ1n) is 7.77. The molecule has 0 fully saturated rings. The Morgan fingerprint density at radius 3 is 2.78 bits per heavy atom. The molecule has 3 rings (SSSR count). The lowest BCUT2D eigenvalue weighted by Crippen LogP contribution is -2.39. The first-order valence-corrected chi connectivity index (χ1v) is 8.56. The first-order chi connectivity index (χ1) is 13.0. The number of halogens is 1. The number of nitro groups is 1. The van der Waals surface area contributed by atoms with Crippen LogP contribution < -0.4 is 18.9 Å². The highest BCUT2D eigenvalue weighted by molar-refractivity contribution is 9.10. The van der Waals surface area contributed by atoms with Gasteiger partial charge in [-0.25, -0.2) is 4.79 Å². The van der Waals surface area contributed by atoms with Gasteiger partial charge in [-0.15, -0.1) is 0 Å². The summed E-state index contributed by atoms with van der Waals surface area (Å²) in [6.45, 7) is 0.0133. The lowest BCUT2D eigenvalue weighted by atomic mass is 10.2. The molecule has 27 heavy (non-hydrogen) atoms. The maximum atomic E-state index is 12.5. The number of rotatable bonds is 5. The van der Waals surface area contributed by atoms with E-state index in [4.69, 9.17) is 18.9 Å². The van der Waals surface area contributed by atoms with E-state index in [1.165, 1.54) is 19.3 Å². The quantitative estimate of drug-likeness (QED) is 0.307. The zero-order valence-corrected chi connectivity index (χ0v) is 15.7. The zero-order valence-electron chi connectivity index (χ0n) is 14.1. The second-order valence-electron chi connectivity index (χ2n) is 5.42. The molecule has 0 radical (unpaired) electrons. The van der Waals surface area contributed by atoms with Crippen LogP contribution in [0.25, 0.3) is 6.08 Å². The molecule has 1 aliphatic heterocycles. The summed E-state index contributed by atoms with van der Waals surface area (Å²) in [5.74, 6) is 0.734. The smallest absolute Gasteiger partial charge is 0.356 e. The SMILES string of the molecule is COc1cc(C=C[N+](=O)[O-])cc(Br)c1OC(=O)C1COc2ccccc2O1. The van der Waals surface area contributed by atoms with Gasteiger partial charge in [-0.2, -0.15) is 0 Å². The van der Waals surface area contributed by atoms with Crippen molar-refractivity contribution >= 4 is 28.0 Å². The van der Waals surface area contributed by atoms with Crippen LogP contribution in [0.3, 0.4) is 0 Å². The van der Waals surface area contributed by atoms with Crippen molar-refractivity contribution in [2.24, 2.45) is 0 Å². The maximum absolute atomic E-state index is 12.5. The van der Waals surface area contributed by atoms with E-state index in [-0.39, 0.29) is 18.1 Å². The molecule has 0 aromatic heterocycles. The van der Waals surface area contributed by atoms with Crippen molar-refractivity contribution in [3.05, 3.63) is 62.7 Å². The maximum Gasteiger partial charge on any atom is 0.356 e. The predicted octanol–water partition coefficient (Wildman–Crippen LogP) is 3.45. The van der Waals surface area contributed by atoms with Crippen molar-refractivity contribution < 1.29 is 28.7 Å². The molecule has 0 aliphatic carbocycles. The number of ether oxygens (including phenoxy) is 4. The fourth-order valence-corrected chi connectivity index (χ4v) is 2.92. The molecule has 1 unspecified atom stereocenters. The standard InChI is InChI=1S/C18H14BrNO7/c1-24-15-9-11(6-7-20(22)23)8-12(19)17(15)27-18(21)16-10-25-13-4-2-3-5-14(13)26-16/h2-9,16H,10H2,1H3. The van der Waals surface area contributed by atoms with Crippen molar-refractivity contribution in [2.45, 2.75) is 6.10 Å².